The maximum atomic E-state index is 5.40. The lowest BCUT2D eigenvalue weighted by molar-refractivity contribution is 0.247. The molecule has 84 valence electrons. The number of ether oxygens (including phenoxy) is 3. The van der Waals surface area contributed by atoms with Crippen LogP contribution in [0.5, 0.6) is 17.5 Å². The molecule has 0 spiro atoms. The van der Waals surface area contributed by atoms with E-state index in [1.54, 1.807) is 0 Å². The first-order chi connectivity index (χ1) is 7.33. The number of aromatic nitrogens is 2. The van der Waals surface area contributed by atoms with Gasteiger partial charge in [0, 0.05) is 0 Å². The van der Waals surface area contributed by atoms with E-state index in [9.17, 15) is 0 Å². The summed E-state index contributed by atoms with van der Waals surface area (Å²) in [6.07, 6.45) is 1.40. The lowest BCUT2D eigenvalue weighted by Crippen LogP contribution is -2.05. The SMILES string of the molecule is CCOc1ncnc(OCC)c1OCC. The summed E-state index contributed by atoms with van der Waals surface area (Å²) in [7, 11) is 0. The molecule has 0 aromatic carbocycles. The number of hydrogen-bond acceptors (Lipinski definition) is 5. The van der Waals surface area contributed by atoms with Crippen LogP contribution in [-0.2, 0) is 0 Å². The molecule has 5 nitrogen and oxygen atoms in total. The van der Waals surface area contributed by atoms with Gasteiger partial charge >= 0.3 is 0 Å². The van der Waals surface area contributed by atoms with Gasteiger partial charge < -0.3 is 14.2 Å². The third-order valence-electron chi connectivity index (χ3n) is 1.59. The number of nitrogens with zero attached hydrogens (tertiary/aromatic N) is 2. The van der Waals surface area contributed by atoms with Crippen molar-refractivity contribution in [1.29, 1.82) is 0 Å². The van der Waals surface area contributed by atoms with E-state index in [1.807, 2.05) is 20.8 Å². The molecule has 0 bridgehead atoms. The summed E-state index contributed by atoms with van der Waals surface area (Å²) in [5.41, 5.74) is 0. The topological polar surface area (TPSA) is 53.5 Å². The highest BCUT2D eigenvalue weighted by Gasteiger charge is 2.14. The van der Waals surface area contributed by atoms with E-state index in [0.29, 0.717) is 37.3 Å². The highest BCUT2D eigenvalue weighted by molar-refractivity contribution is 5.41. The average Bonchev–Trinajstić information content (AvgIpc) is 2.23. The van der Waals surface area contributed by atoms with Gasteiger partial charge in [-0.25, -0.2) is 0 Å². The van der Waals surface area contributed by atoms with Crippen molar-refractivity contribution in [3.05, 3.63) is 6.33 Å². The summed E-state index contributed by atoms with van der Waals surface area (Å²) in [5.74, 6) is 1.33. The summed E-state index contributed by atoms with van der Waals surface area (Å²) in [5, 5.41) is 0. The summed E-state index contributed by atoms with van der Waals surface area (Å²) in [6.45, 7) is 7.24. The van der Waals surface area contributed by atoms with Gasteiger partial charge in [-0.3, -0.25) is 0 Å². The van der Waals surface area contributed by atoms with Crippen LogP contribution in [0.2, 0.25) is 0 Å². The van der Waals surface area contributed by atoms with Crippen LogP contribution in [0.1, 0.15) is 20.8 Å². The van der Waals surface area contributed by atoms with Gasteiger partial charge in [0.1, 0.15) is 6.33 Å². The van der Waals surface area contributed by atoms with Crippen molar-refractivity contribution >= 4 is 0 Å². The Kier molecular flexibility index (Phi) is 4.66. The van der Waals surface area contributed by atoms with Crippen molar-refractivity contribution in [2.45, 2.75) is 20.8 Å². The van der Waals surface area contributed by atoms with E-state index >= 15 is 0 Å². The second-order valence-electron chi connectivity index (χ2n) is 2.61. The smallest absolute Gasteiger partial charge is 0.264 e. The lowest BCUT2D eigenvalue weighted by Gasteiger charge is -2.12. The van der Waals surface area contributed by atoms with Crippen LogP contribution in [0.15, 0.2) is 6.33 Å². The van der Waals surface area contributed by atoms with Gasteiger partial charge in [0.15, 0.2) is 0 Å². The first-order valence-corrected chi connectivity index (χ1v) is 5.06. The first-order valence-electron chi connectivity index (χ1n) is 5.06. The minimum absolute atomic E-state index is 0.429. The van der Waals surface area contributed by atoms with E-state index < -0.39 is 0 Å². The van der Waals surface area contributed by atoms with Crippen LogP contribution in [0.4, 0.5) is 0 Å². The Balaban J connectivity index is 2.97. The van der Waals surface area contributed by atoms with Crippen molar-refractivity contribution in [2.75, 3.05) is 19.8 Å². The normalized spacial score (nSPS) is 9.80. The fourth-order valence-electron chi connectivity index (χ4n) is 1.09. The molecule has 0 fully saturated rings. The van der Waals surface area contributed by atoms with Crippen LogP contribution < -0.4 is 14.2 Å². The van der Waals surface area contributed by atoms with Crippen molar-refractivity contribution in [1.82, 2.24) is 9.97 Å². The molecular weight excluding hydrogens is 196 g/mol. The Morgan fingerprint density at radius 1 is 0.867 bits per heavy atom. The largest absolute Gasteiger partial charge is 0.484 e. The van der Waals surface area contributed by atoms with Crippen LogP contribution >= 0.6 is 0 Å². The van der Waals surface area contributed by atoms with Crippen molar-refractivity contribution < 1.29 is 14.2 Å². The van der Waals surface area contributed by atoms with Crippen molar-refractivity contribution in [3.8, 4) is 17.5 Å². The zero-order valence-electron chi connectivity index (χ0n) is 9.32. The molecule has 0 saturated carbocycles. The van der Waals surface area contributed by atoms with Gasteiger partial charge in [0.25, 0.3) is 11.8 Å². The van der Waals surface area contributed by atoms with Crippen LogP contribution in [0.3, 0.4) is 0 Å². The molecule has 0 unspecified atom stereocenters. The number of hydrogen-bond donors (Lipinski definition) is 0. The Morgan fingerprint density at radius 3 is 1.73 bits per heavy atom. The highest BCUT2D eigenvalue weighted by Crippen LogP contribution is 2.32. The third-order valence-corrected chi connectivity index (χ3v) is 1.59. The van der Waals surface area contributed by atoms with Crippen LogP contribution in [-0.4, -0.2) is 29.8 Å². The summed E-state index contributed by atoms with van der Waals surface area (Å²) in [6, 6.07) is 0. The van der Waals surface area contributed by atoms with E-state index in [0.717, 1.165) is 0 Å². The molecule has 0 radical (unpaired) electrons. The minimum atomic E-state index is 0.429. The van der Waals surface area contributed by atoms with Gasteiger partial charge in [-0.05, 0) is 20.8 Å². The number of rotatable bonds is 6. The molecule has 5 heteroatoms. The summed E-state index contributed by atoms with van der Waals surface area (Å²) in [4.78, 5) is 7.98. The Labute approximate surface area is 89.4 Å². The van der Waals surface area contributed by atoms with Gasteiger partial charge in [0.2, 0.25) is 5.75 Å². The van der Waals surface area contributed by atoms with E-state index in [-0.39, 0.29) is 0 Å². The lowest BCUT2D eigenvalue weighted by atomic mass is 10.5. The van der Waals surface area contributed by atoms with Gasteiger partial charge in [-0.2, -0.15) is 9.97 Å². The summed E-state index contributed by atoms with van der Waals surface area (Å²) < 4.78 is 16.0. The predicted octanol–water partition coefficient (Wildman–Crippen LogP) is 1.67. The van der Waals surface area contributed by atoms with E-state index in [1.165, 1.54) is 6.33 Å². The standard InChI is InChI=1S/C10H16N2O3/c1-4-13-8-9(14-5-2)11-7-12-10(8)15-6-3/h7H,4-6H2,1-3H3. The molecule has 1 rings (SSSR count). The molecule has 1 aromatic rings. The molecule has 0 N–H and O–H groups in total. The van der Waals surface area contributed by atoms with Gasteiger partial charge in [0.05, 0.1) is 19.8 Å². The fraction of sp³-hybridized carbons (Fsp3) is 0.600. The quantitative estimate of drug-likeness (QED) is 0.718. The molecule has 0 aliphatic carbocycles. The maximum Gasteiger partial charge on any atom is 0.264 e. The predicted molar refractivity (Wildman–Crippen MR) is 55.5 cm³/mol. The minimum Gasteiger partial charge on any atom is -0.484 e. The Morgan fingerprint density at radius 2 is 1.33 bits per heavy atom. The molecule has 0 aliphatic rings. The van der Waals surface area contributed by atoms with Crippen molar-refractivity contribution in [3.63, 3.8) is 0 Å². The first kappa shape index (κ1) is 11.6. The fourth-order valence-corrected chi connectivity index (χ4v) is 1.09. The third kappa shape index (κ3) is 2.97. The van der Waals surface area contributed by atoms with E-state index in [2.05, 4.69) is 9.97 Å². The maximum absolute atomic E-state index is 5.40. The molecule has 0 atom stereocenters. The zero-order valence-corrected chi connectivity index (χ0v) is 9.32. The second kappa shape index (κ2) is 6.06. The molecular formula is C10H16N2O3. The van der Waals surface area contributed by atoms with Crippen molar-refractivity contribution in [2.24, 2.45) is 0 Å². The van der Waals surface area contributed by atoms with Gasteiger partial charge in [-0.1, -0.05) is 0 Å². The monoisotopic (exact) mass is 212 g/mol. The Bertz CT molecular complexity index is 280. The molecule has 15 heavy (non-hydrogen) atoms. The molecule has 1 aromatic heterocycles. The summed E-state index contributed by atoms with van der Waals surface area (Å²) >= 11 is 0. The molecule has 1 heterocycles. The van der Waals surface area contributed by atoms with Gasteiger partial charge in [-0.15, -0.1) is 0 Å². The van der Waals surface area contributed by atoms with Crippen LogP contribution in [0.25, 0.3) is 0 Å². The second-order valence-corrected chi connectivity index (χ2v) is 2.61. The zero-order chi connectivity index (χ0) is 11.1. The van der Waals surface area contributed by atoms with E-state index in [4.69, 9.17) is 14.2 Å². The highest BCUT2D eigenvalue weighted by atomic mass is 16.5. The average molecular weight is 212 g/mol. The molecule has 0 aliphatic heterocycles. The molecule has 0 amide bonds. The van der Waals surface area contributed by atoms with Crippen LogP contribution in [0, 0.1) is 0 Å². The Hall–Kier alpha value is -1.52. The molecule has 0 saturated heterocycles.